The molecule has 0 saturated heterocycles. The fourth-order valence-corrected chi connectivity index (χ4v) is 1.97. The minimum Gasteiger partial charge on any atom is -0.358 e. The molecule has 1 aromatic carbocycles. The van der Waals surface area contributed by atoms with Crippen molar-refractivity contribution < 1.29 is 4.79 Å². The average Bonchev–Trinajstić information content (AvgIpc) is 2.68. The number of hydrogen-bond donors (Lipinski definition) is 1. The van der Waals surface area contributed by atoms with E-state index in [-0.39, 0.29) is 12.5 Å². The summed E-state index contributed by atoms with van der Waals surface area (Å²) in [5, 5.41) is 2.62. The van der Waals surface area contributed by atoms with Crippen molar-refractivity contribution in [1.82, 2.24) is 14.9 Å². The van der Waals surface area contributed by atoms with Gasteiger partial charge in [-0.2, -0.15) is 0 Å². The van der Waals surface area contributed by atoms with Crippen molar-refractivity contribution in [2.45, 2.75) is 13.0 Å². The van der Waals surface area contributed by atoms with E-state index in [1.54, 1.807) is 7.05 Å². The maximum atomic E-state index is 11.5. The van der Waals surface area contributed by atoms with Crippen LogP contribution >= 0.6 is 11.6 Å². The molecule has 0 unspecified atom stereocenters. The first-order valence-electron chi connectivity index (χ1n) is 5.47. The van der Waals surface area contributed by atoms with Crippen molar-refractivity contribution >= 4 is 28.5 Å². The van der Waals surface area contributed by atoms with Gasteiger partial charge < -0.3 is 9.88 Å². The number of rotatable bonds is 4. The van der Waals surface area contributed by atoms with Gasteiger partial charge in [0.1, 0.15) is 12.4 Å². The third-order valence-corrected chi connectivity index (χ3v) is 2.82. The number of carbonyl (C=O) groups excluding carboxylic acids is 1. The molecule has 0 spiro atoms. The highest BCUT2D eigenvalue weighted by Gasteiger charge is 2.11. The standard InChI is InChI=1S/C12H14ClN3O/c1-14-12(17)8-16-10-5-3-2-4-9(10)15-11(16)6-7-13/h2-5H,6-8H2,1H3,(H,14,17). The molecule has 0 atom stereocenters. The number of hydrogen-bond acceptors (Lipinski definition) is 2. The number of aryl methyl sites for hydroxylation is 1. The van der Waals surface area contributed by atoms with Gasteiger partial charge in [-0.05, 0) is 12.1 Å². The van der Waals surface area contributed by atoms with Crippen LogP contribution in [0.4, 0.5) is 0 Å². The molecule has 1 aromatic heterocycles. The van der Waals surface area contributed by atoms with Gasteiger partial charge in [0.2, 0.25) is 5.91 Å². The van der Waals surface area contributed by atoms with E-state index in [4.69, 9.17) is 11.6 Å². The third kappa shape index (κ3) is 2.42. The molecular weight excluding hydrogens is 238 g/mol. The smallest absolute Gasteiger partial charge is 0.239 e. The van der Waals surface area contributed by atoms with E-state index in [1.165, 1.54) is 0 Å². The third-order valence-electron chi connectivity index (χ3n) is 2.63. The normalized spacial score (nSPS) is 10.7. The van der Waals surface area contributed by atoms with Crippen LogP contribution in [0.5, 0.6) is 0 Å². The van der Waals surface area contributed by atoms with Crippen LogP contribution < -0.4 is 5.32 Å². The Morgan fingerprint density at radius 1 is 1.47 bits per heavy atom. The van der Waals surface area contributed by atoms with Crippen LogP contribution in [0.25, 0.3) is 11.0 Å². The van der Waals surface area contributed by atoms with Crippen LogP contribution in [0.1, 0.15) is 5.82 Å². The second kappa shape index (κ2) is 5.19. The van der Waals surface area contributed by atoms with E-state index in [0.29, 0.717) is 12.3 Å². The second-order valence-corrected chi connectivity index (χ2v) is 4.09. The predicted octanol–water partition coefficient (Wildman–Crippen LogP) is 1.56. The number of alkyl halides is 1. The predicted molar refractivity (Wildman–Crippen MR) is 68.2 cm³/mol. The van der Waals surface area contributed by atoms with Crippen molar-refractivity contribution in [2.24, 2.45) is 0 Å². The molecule has 0 saturated carbocycles. The SMILES string of the molecule is CNC(=O)Cn1c(CCCl)nc2ccccc21. The average molecular weight is 252 g/mol. The lowest BCUT2D eigenvalue weighted by molar-refractivity contribution is -0.121. The molecular formula is C12H14ClN3O. The lowest BCUT2D eigenvalue weighted by atomic mass is 10.3. The summed E-state index contributed by atoms with van der Waals surface area (Å²) in [4.78, 5) is 16.0. The maximum Gasteiger partial charge on any atom is 0.239 e. The molecule has 5 heteroatoms. The molecule has 1 heterocycles. The molecule has 2 rings (SSSR count). The first-order chi connectivity index (χ1) is 8.26. The lowest BCUT2D eigenvalue weighted by Crippen LogP contribution is -2.24. The first-order valence-corrected chi connectivity index (χ1v) is 6.00. The fraction of sp³-hybridized carbons (Fsp3) is 0.333. The molecule has 0 aliphatic rings. The van der Waals surface area contributed by atoms with Gasteiger partial charge in [0.25, 0.3) is 0 Å². The number of aromatic nitrogens is 2. The van der Waals surface area contributed by atoms with Gasteiger partial charge in [0.05, 0.1) is 11.0 Å². The van der Waals surface area contributed by atoms with E-state index in [2.05, 4.69) is 10.3 Å². The van der Waals surface area contributed by atoms with Gasteiger partial charge in [-0.15, -0.1) is 11.6 Å². The minimum absolute atomic E-state index is 0.0380. The topological polar surface area (TPSA) is 46.9 Å². The number of halogens is 1. The Labute approximate surface area is 105 Å². The monoisotopic (exact) mass is 251 g/mol. The van der Waals surface area contributed by atoms with Crippen molar-refractivity contribution in [3.63, 3.8) is 0 Å². The number of amides is 1. The second-order valence-electron chi connectivity index (χ2n) is 3.72. The van der Waals surface area contributed by atoms with E-state index >= 15 is 0 Å². The van der Waals surface area contributed by atoms with Gasteiger partial charge in [-0.3, -0.25) is 4.79 Å². The zero-order valence-corrected chi connectivity index (χ0v) is 10.4. The molecule has 4 nitrogen and oxygen atoms in total. The Balaban J connectivity index is 2.47. The summed E-state index contributed by atoms with van der Waals surface area (Å²) in [7, 11) is 1.63. The number of fused-ring (bicyclic) bond motifs is 1. The van der Waals surface area contributed by atoms with Crippen LogP contribution in [0.2, 0.25) is 0 Å². The summed E-state index contributed by atoms with van der Waals surface area (Å²) in [5.41, 5.74) is 1.87. The highest BCUT2D eigenvalue weighted by Crippen LogP contribution is 2.16. The number of nitrogens with zero attached hydrogens (tertiary/aromatic N) is 2. The first kappa shape index (κ1) is 11.9. The Morgan fingerprint density at radius 2 is 2.24 bits per heavy atom. The molecule has 0 radical (unpaired) electrons. The number of nitrogens with one attached hydrogen (secondary N) is 1. The van der Waals surface area contributed by atoms with Gasteiger partial charge in [-0.1, -0.05) is 12.1 Å². The zero-order chi connectivity index (χ0) is 12.3. The molecule has 17 heavy (non-hydrogen) atoms. The molecule has 0 aliphatic carbocycles. The molecule has 1 amide bonds. The number of carbonyl (C=O) groups is 1. The quantitative estimate of drug-likeness (QED) is 0.839. The molecule has 0 fully saturated rings. The van der Waals surface area contributed by atoms with Crippen LogP contribution in [0.3, 0.4) is 0 Å². The molecule has 0 aliphatic heterocycles. The van der Waals surface area contributed by atoms with Crippen LogP contribution in [0, 0.1) is 0 Å². The van der Waals surface area contributed by atoms with E-state index in [0.717, 1.165) is 16.9 Å². The summed E-state index contributed by atoms with van der Waals surface area (Å²) < 4.78 is 1.91. The minimum atomic E-state index is -0.0380. The van der Waals surface area contributed by atoms with E-state index in [1.807, 2.05) is 28.8 Å². The van der Waals surface area contributed by atoms with Crippen LogP contribution in [-0.2, 0) is 17.8 Å². The van der Waals surface area contributed by atoms with Gasteiger partial charge >= 0.3 is 0 Å². The summed E-state index contributed by atoms with van der Waals surface area (Å²) in [5.74, 6) is 1.31. The summed E-state index contributed by atoms with van der Waals surface area (Å²) in [6.45, 7) is 0.281. The molecule has 1 N–H and O–H groups in total. The van der Waals surface area contributed by atoms with Crippen molar-refractivity contribution in [2.75, 3.05) is 12.9 Å². The van der Waals surface area contributed by atoms with Crippen molar-refractivity contribution in [3.05, 3.63) is 30.1 Å². The number of para-hydroxylation sites is 2. The highest BCUT2D eigenvalue weighted by atomic mass is 35.5. The molecule has 2 aromatic rings. The summed E-state index contributed by atoms with van der Waals surface area (Å²) in [6.07, 6.45) is 0.660. The maximum absolute atomic E-state index is 11.5. The van der Waals surface area contributed by atoms with Crippen molar-refractivity contribution in [1.29, 1.82) is 0 Å². The molecule has 0 bridgehead atoms. The number of imidazole rings is 1. The van der Waals surface area contributed by atoms with Crippen LogP contribution in [-0.4, -0.2) is 28.4 Å². The number of likely N-dealkylation sites (N-methyl/N-ethyl adjacent to an activating group) is 1. The highest BCUT2D eigenvalue weighted by molar-refractivity contribution is 6.17. The molecule has 90 valence electrons. The van der Waals surface area contributed by atoms with Crippen molar-refractivity contribution in [3.8, 4) is 0 Å². The van der Waals surface area contributed by atoms with Gasteiger partial charge in [0.15, 0.2) is 0 Å². The van der Waals surface area contributed by atoms with E-state index < -0.39 is 0 Å². The zero-order valence-electron chi connectivity index (χ0n) is 9.61. The summed E-state index contributed by atoms with van der Waals surface area (Å²) in [6, 6.07) is 7.77. The van der Waals surface area contributed by atoms with Gasteiger partial charge in [-0.25, -0.2) is 4.98 Å². The Kier molecular flexibility index (Phi) is 3.64. The fourth-order valence-electron chi connectivity index (χ4n) is 1.80. The Morgan fingerprint density at radius 3 is 2.94 bits per heavy atom. The van der Waals surface area contributed by atoms with E-state index in [9.17, 15) is 4.79 Å². The van der Waals surface area contributed by atoms with Gasteiger partial charge in [0, 0.05) is 19.3 Å². The largest absolute Gasteiger partial charge is 0.358 e. The lowest BCUT2D eigenvalue weighted by Gasteiger charge is -2.07. The van der Waals surface area contributed by atoms with Crippen LogP contribution in [0.15, 0.2) is 24.3 Å². The Bertz CT molecular complexity index is 536. The Hall–Kier alpha value is -1.55. The summed E-state index contributed by atoms with van der Waals surface area (Å²) >= 11 is 5.75. The number of benzene rings is 1.